The molecule has 3 aromatic rings. The van der Waals surface area contributed by atoms with E-state index in [0.29, 0.717) is 40.7 Å². The first-order valence-electron chi connectivity index (χ1n) is 11.8. The topological polar surface area (TPSA) is 85.3 Å². The van der Waals surface area contributed by atoms with E-state index in [9.17, 15) is 14.7 Å². The molecule has 0 bridgehead atoms. The fourth-order valence-electron chi connectivity index (χ4n) is 4.36. The van der Waals surface area contributed by atoms with Crippen LogP contribution in [0.1, 0.15) is 36.6 Å². The number of aliphatic hydroxyl groups excluding tert-OH is 1. The number of ketones is 1. The zero-order valence-corrected chi connectivity index (χ0v) is 20.8. The Morgan fingerprint density at radius 2 is 1.56 bits per heavy atom. The van der Waals surface area contributed by atoms with Crippen LogP contribution in [0.2, 0.25) is 0 Å². The lowest BCUT2D eigenvalue weighted by atomic mass is 9.94. The lowest BCUT2D eigenvalue weighted by Crippen LogP contribution is -2.29. The number of Topliss-reactive ketones (excluding diaryl/α,β-unsaturated/α-hetero) is 1. The lowest BCUT2D eigenvalue weighted by molar-refractivity contribution is -0.132. The summed E-state index contributed by atoms with van der Waals surface area (Å²) in [7, 11) is 3.05. The van der Waals surface area contributed by atoms with Crippen LogP contribution in [0, 0.1) is 0 Å². The van der Waals surface area contributed by atoms with Gasteiger partial charge in [-0.15, -0.1) is 0 Å². The van der Waals surface area contributed by atoms with Gasteiger partial charge in [0.25, 0.3) is 11.7 Å². The second kappa shape index (κ2) is 10.6. The van der Waals surface area contributed by atoms with Gasteiger partial charge in [0.2, 0.25) is 0 Å². The Hall–Kier alpha value is -4.26. The molecule has 1 atom stereocenters. The molecule has 1 saturated heterocycles. The molecular weight excluding hydrogens is 458 g/mol. The predicted octanol–water partition coefficient (Wildman–Crippen LogP) is 5.29. The Labute approximate surface area is 210 Å². The quantitative estimate of drug-likeness (QED) is 0.264. The zero-order valence-electron chi connectivity index (χ0n) is 20.8. The molecular formula is C29H29NO6. The fourth-order valence-corrected chi connectivity index (χ4v) is 4.36. The smallest absolute Gasteiger partial charge is 0.300 e. The molecule has 7 heteroatoms. The van der Waals surface area contributed by atoms with Crippen molar-refractivity contribution in [1.82, 2.24) is 0 Å². The van der Waals surface area contributed by atoms with E-state index in [1.807, 2.05) is 26.0 Å². The van der Waals surface area contributed by atoms with E-state index in [4.69, 9.17) is 14.2 Å². The maximum Gasteiger partial charge on any atom is 0.300 e. The molecule has 3 aromatic carbocycles. The van der Waals surface area contributed by atoms with Crippen molar-refractivity contribution in [2.75, 3.05) is 25.7 Å². The minimum Gasteiger partial charge on any atom is -0.507 e. The van der Waals surface area contributed by atoms with Crippen LogP contribution in [0.3, 0.4) is 0 Å². The van der Waals surface area contributed by atoms with E-state index in [2.05, 4.69) is 0 Å². The zero-order chi connectivity index (χ0) is 25.8. The van der Waals surface area contributed by atoms with Crippen molar-refractivity contribution in [3.8, 4) is 17.2 Å². The van der Waals surface area contributed by atoms with E-state index >= 15 is 0 Å². The number of methoxy groups -OCH3 is 2. The first-order chi connectivity index (χ1) is 17.4. The molecule has 0 aromatic heterocycles. The number of benzene rings is 3. The standard InChI is InChI=1S/C29H29NO6/c1-5-18-7-9-19(10-8-18)27(31)25-26(20-11-16-23(34-3)24(17-20)35-4)30(29(33)28(25)32)21-12-14-22(15-13-21)36-6-2/h7-17,26,31H,5-6H2,1-4H3/b27-25-. The highest BCUT2D eigenvalue weighted by atomic mass is 16.5. The lowest BCUT2D eigenvalue weighted by Gasteiger charge is -2.26. The van der Waals surface area contributed by atoms with Crippen LogP contribution in [-0.4, -0.2) is 37.6 Å². The number of hydrogen-bond acceptors (Lipinski definition) is 6. The average molecular weight is 488 g/mol. The minimum atomic E-state index is -0.881. The Morgan fingerprint density at radius 3 is 2.14 bits per heavy atom. The number of rotatable bonds is 8. The van der Waals surface area contributed by atoms with Crippen molar-refractivity contribution >= 4 is 23.1 Å². The number of anilines is 1. The highest BCUT2D eigenvalue weighted by Crippen LogP contribution is 2.44. The number of ether oxygens (including phenoxy) is 3. The number of amides is 1. The van der Waals surface area contributed by atoms with E-state index in [1.165, 1.54) is 19.1 Å². The van der Waals surface area contributed by atoms with Crippen LogP contribution < -0.4 is 19.1 Å². The summed E-state index contributed by atoms with van der Waals surface area (Å²) in [6.45, 7) is 4.43. The molecule has 1 fully saturated rings. The number of carbonyl (C=O) groups excluding carboxylic acids is 2. The van der Waals surface area contributed by atoms with Gasteiger partial charge >= 0.3 is 0 Å². The van der Waals surface area contributed by atoms with Crippen molar-refractivity contribution in [2.45, 2.75) is 26.3 Å². The first kappa shape index (κ1) is 24.9. The third-order valence-electron chi connectivity index (χ3n) is 6.23. The first-order valence-corrected chi connectivity index (χ1v) is 11.8. The number of nitrogens with zero attached hydrogens (tertiary/aromatic N) is 1. The summed E-state index contributed by atoms with van der Waals surface area (Å²) in [5, 5.41) is 11.3. The van der Waals surface area contributed by atoms with E-state index in [0.717, 1.165) is 12.0 Å². The fraction of sp³-hybridized carbons (Fsp3) is 0.241. The number of hydrogen-bond donors (Lipinski definition) is 1. The SMILES string of the molecule is CCOc1ccc(N2C(=O)C(=O)/C(=C(\O)c3ccc(CC)cc3)C2c2ccc(OC)c(OC)c2)cc1. The van der Waals surface area contributed by atoms with Gasteiger partial charge in [0.1, 0.15) is 11.5 Å². The Balaban J connectivity index is 1.91. The predicted molar refractivity (Wildman–Crippen MR) is 138 cm³/mol. The summed E-state index contributed by atoms with van der Waals surface area (Å²) in [5.74, 6) is -0.124. The number of aryl methyl sites for hydroxylation is 1. The summed E-state index contributed by atoms with van der Waals surface area (Å²) in [5.41, 5.74) is 2.65. The van der Waals surface area contributed by atoms with Crippen molar-refractivity contribution < 1.29 is 28.9 Å². The third-order valence-corrected chi connectivity index (χ3v) is 6.23. The molecule has 0 saturated carbocycles. The van der Waals surface area contributed by atoms with Gasteiger partial charge in [0.15, 0.2) is 11.5 Å². The summed E-state index contributed by atoms with van der Waals surface area (Å²) < 4.78 is 16.4. The van der Waals surface area contributed by atoms with Crippen LogP contribution in [0.25, 0.3) is 5.76 Å². The number of aliphatic hydroxyl groups is 1. The second-order valence-electron chi connectivity index (χ2n) is 8.26. The van der Waals surface area contributed by atoms with Crippen LogP contribution in [0.15, 0.2) is 72.3 Å². The Morgan fingerprint density at radius 1 is 0.889 bits per heavy atom. The molecule has 0 spiro atoms. The molecule has 0 aliphatic carbocycles. The van der Waals surface area contributed by atoms with E-state index in [1.54, 1.807) is 54.6 Å². The van der Waals surface area contributed by atoms with Gasteiger partial charge in [-0.25, -0.2) is 0 Å². The molecule has 186 valence electrons. The van der Waals surface area contributed by atoms with Crippen molar-refractivity contribution in [2.24, 2.45) is 0 Å². The molecule has 1 amide bonds. The average Bonchev–Trinajstić information content (AvgIpc) is 3.18. The normalized spacial score (nSPS) is 16.8. The van der Waals surface area contributed by atoms with Gasteiger partial charge in [0.05, 0.1) is 32.4 Å². The number of carbonyl (C=O) groups is 2. The summed E-state index contributed by atoms with van der Waals surface area (Å²) in [6.07, 6.45) is 0.842. The molecule has 1 unspecified atom stereocenters. The molecule has 4 rings (SSSR count). The van der Waals surface area contributed by atoms with Gasteiger partial charge in [0, 0.05) is 11.3 Å². The van der Waals surface area contributed by atoms with Crippen molar-refractivity contribution in [3.05, 3.63) is 89.0 Å². The molecule has 1 heterocycles. The minimum absolute atomic E-state index is 0.00496. The third kappa shape index (κ3) is 4.52. The summed E-state index contributed by atoms with van der Waals surface area (Å²) >= 11 is 0. The molecule has 36 heavy (non-hydrogen) atoms. The highest BCUT2D eigenvalue weighted by Gasteiger charge is 2.47. The second-order valence-corrected chi connectivity index (χ2v) is 8.26. The van der Waals surface area contributed by atoms with Crippen molar-refractivity contribution in [3.63, 3.8) is 0 Å². The van der Waals surface area contributed by atoms with Gasteiger partial charge in [-0.05, 0) is 60.9 Å². The largest absolute Gasteiger partial charge is 0.507 e. The maximum atomic E-state index is 13.4. The molecule has 1 aliphatic rings. The summed E-state index contributed by atoms with van der Waals surface area (Å²) in [6, 6.07) is 18.5. The van der Waals surface area contributed by atoms with Gasteiger partial charge in [-0.1, -0.05) is 37.3 Å². The maximum absolute atomic E-state index is 13.4. The highest BCUT2D eigenvalue weighted by molar-refractivity contribution is 6.51. The van der Waals surface area contributed by atoms with Gasteiger partial charge in [-0.2, -0.15) is 0 Å². The van der Waals surface area contributed by atoms with Gasteiger partial charge in [-0.3, -0.25) is 14.5 Å². The molecule has 1 aliphatic heterocycles. The van der Waals surface area contributed by atoms with E-state index < -0.39 is 17.7 Å². The van der Waals surface area contributed by atoms with Gasteiger partial charge < -0.3 is 19.3 Å². The summed E-state index contributed by atoms with van der Waals surface area (Å²) in [4.78, 5) is 28.1. The Bertz CT molecular complexity index is 1290. The van der Waals surface area contributed by atoms with Crippen molar-refractivity contribution in [1.29, 1.82) is 0 Å². The molecule has 7 nitrogen and oxygen atoms in total. The van der Waals surface area contributed by atoms with E-state index in [-0.39, 0.29) is 11.3 Å². The molecule has 1 N–H and O–H groups in total. The van der Waals surface area contributed by atoms with Crippen LogP contribution in [0.4, 0.5) is 5.69 Å². The monoisotopic (exact) mass is 487 g/mol. The van der Waals surface area contributed by atoms with Crippen LogP contribution >= 0.6 is 0 Å². The van der Waals surface area contributed by atoms with Crippen LogP contribution in [-0.2, 0) is 16.0 Å². The van der Waals surface area contributed by atoms with Crippen LogP contribution in [0.5, 0.6) is 17.2 Å². The Kier molecular flexibility index (Phi) is 7.29. The molecule has 0 radical (unpaired) electrons.